The van der Waals surface area contributed by atoms with Crippen LogP contribution in [0, 0.1) is 10.1 Å². The molecular formula is C5H9B2N3O3. The third kappa shape index (κ3) is 1.72. The fraction of sp³-hybridized carbons (Fsp3) is 0.400. The Balaban J connectivity index is 3.14. The Morgan fingerprint density at radius 3 is 2.62 bits per heavy atom. The van der Waals surface area contributed by atoms with Crippen LogP contribution in [-0.2, 0) is 6.54 Å². The minimum absolute atomic E-state index is 0.0356. The minimum Gasteiger partial charge on any atom is -0.394 e. The number of aliphatic hydroxyl groups excluding tert-OH is 1. The molecule has 0 aliphatic carbocycles. The number of aromatic nitrogens is 2. The summed E-state index contributed by atoms with van der Waals surface area (Å²) in [4.78, 5) is 10.1. The summed E-state index contributed by atoms with van der Waals surface area (Å²) in [6.45, 7) is 0.222. The summed E-state index contributed by atoms with van der Waals surface area (Å²) in [5, 5.41) is 23.1. The largest absolute Gasteiger partial charge is 0.394 e. The van der Waals surface area contributed by atoms with Crippen molar-refractivity contribution in [2.45, 2.75) is 6.54 Å². The SMILES string of the molecule is Bc1nn(CCO)c(B)c1[N+](=O)[O-]. The first kappa shape index (κ1) is 9.79. The van der Waals surface area contributed by atoms with Gasteiger partial charge in [0.1, 0.15) is 0 Å². The van der Waals surface area contributed by atoms with E-state index in [0.29, 0.717) is 17.7 Å². The Labute approximate surface area is 76.5 Å². The van der Waals surface area contributed by atoms with Gasteiger partial charge in [-0.3, -0.25) is 14.8 Å². The number of nitro groups is 1. The van der Waals surface area contributed by atoms with Crippen molar-refractivity contribution in [2.24, 2.45) is 0 Å². The van der Waals surface area contributed by atoms with Gasteiger partial charge in [-0.1, -0.05) is 0 Å². The fourth-order valence-electron chi connectivity index (χ4n) is 1.26. The van der Waals surface area contributed by atoms with Crippen LogP contribution in [0.5, 0.6) is 0 Å². The van der Waals surface area contributed by atoms with Crippen molar-refractivity contribution in [3.05, 3.63) is 10.1 Å². The second-order valence-electron chi connectivity index (χ2n) is 2.72. The Kier molecular flexibility index (Phi) is 2.72. The zero-order chi connectivity index (χ0) is 10.0. The van der Waals surface area contributed by atoms with E-state index in [0.717, 1.165) is 0 Å². The predicted molar refractivity (Wildman–Crippen MR) is 52.3 cm³/mol. The van der Waals surface area contributed by atoms with Gasteiger partial charge in [-0.15, -0.1) is 0 Å². The topological polar surface area (TPSA) is 81.2 Å². The lowest BCUT2D eigenvalue weighted by Gasteiger charge is -1.98. The zero-order valence-electron chi connectivity index (χ0n) is 7.52. The van der Waals surface area contributed by atoms with Crippen molar-refractivity contribution in [1.29, 1.82) is 0 Å². The third-order valence-corrected chi connectivity index (χ3v) is 1.84. The Morgan fingerprint density at radius 2 is 2.23 bits per heavy atom. The van der Waals surface area contributed by atoms with Gasteiger partial charge in [0.15, 0.2) is 15.7 Å². The number of aliphatic hydroxyl groups is 1. The van der Waals surface area contributed by atoms with Crippen LogP contribution in [0.1, 0.15) is 0 Å². The number of rotatable bonds is 3. The zero-order valence-corrected chi connectivity index (χ0v) is 7.52. The normalized spacial score (nSPS) is 10.2. The summed E-state index contributed by atoms with van der Waals surface area (Å²) in [6, 6.07) is 0. The predicted octanol–water partition coefficient (Wildman–Crippen LogP) is -3.70. The van der Waals surface area contributed by atoms with Gasteiger partial charge >= 0.3 is 0 Å². The summed E-state index contributed by atoms with van der Waals surface area (Å²) in [6.07, 6.45) is 0. The van der Waals surface area contributed by atoms with Gasteiger partial charge in [0.05, 0.1) is 29.3 Å². The molecule has 0 spiro atoms. The van der Waals surface area contributed by atoms with Crippen LogP contribution in [-0.4, -0.2) is 42.1 Å². The quantitative estimate of drug-likeness (QED) is 0.295. The summed E-state index contributed by atoms with van der Waals surface area (Å²) >= 11 is 0. The van der Waals surface area contributed by atoms with Crippen molar-refractivity contribution in [3.63, 3.8) is 0 Å². The number of nitrogens with zero attached hydrogens (tertiary/aromatic N) is 3. The van der Waals surface area contributed by atoms with E-state index >= 15 is 0 Å². The Bertz CT molecular complexity index is 338. The molecule has 6 nitrogen and oxygen atoms in total. The van der Waals surface area contributed by atoms with Crippen LogP contribution in [0.2, 0.25) is 0 Å². The van der Waals surface area contributed by atoms with Crippen LogP contribution in [0.4, 0.5) is 5.69 Å². The lowest BCUT2D eigenvalue weighted by Crippen LogP contribution is -2.22. The molecule has 0 radical (unpaired) electrons. The van der Waals surface area contributed by atoms with Gasteiger partial charge in [0.25, 0.3) is 5.69 Å². The van der Waals surface area contributed by atoms with E-state index in [4.69, 9.17) is 5.11 Å². The van der Waals surface area contributed by atoms with Crippen molar-refractivity contribution >= 4 is 32.6 Å². The van der Waals surface area contributed by atoms with E-state index < -0.39 is 4.92 Å². The molecule has 0 atom stereocenters. The highest BCUT2D eigenvalue weighted by atomic mass is 16.6. The molecule has 0 aliphatic heterocycles. The molecule has 8 heteroatoms. The van der Waals surface area contributed by atoms with E-state index in [1.165, 1.54) is 4.68 Å². The standard InChI is InChI=1S/C5H9B2N3O3/c6-4-3(10(12)13)5(7)9(8-4)1-2-11/h11H,1-2,6-7H2. The van der Waals surface area contributed by atoms with Gasteiger partial charge in [0.2, 0.25) is 0 Å². The lowest BCUT2D eigenvalue weighted by atomic mass is 9.95. The summed E-state index contributed by atoms with van der Waals surface area (Å²) in [5.74, 6) is 0. The lowest BCUT2D eigenvalue weighted by molar-refractivity contribution is -0.382. The molecule has 13 heavy (non-hydrogen) atoms. The van der Waals surface area contributed by atoms with Crippen LogP contribution < -0.4 is 11.2 Å². The highest BCUT2D eigenvalue weighted by Gasteiger charge is 2.20. The number of hydrogen-bond acceptors (Lipinski definition) is 4. The van der Waals surface area contributed by atoms with Crippen LogP contribution in [0.15, 0.2) is 0 Å². The monoisotopic (exact) mass is 181 g/mol. The smallest absolute Gasteiger partial charge is 0.293 e. The van der Waals surface area contributed by atoms with E-state index in [1.807, 2.05) is 0 Å². The molecule has 0 saturated heterocycles. The van der Waals surface area contributed by atoms with E-state index in [1.54, 1.807) is 15.7 Å². The highest BCUT2D eigenvalue weighted by molar-refractivity contribution is 6.41. The van der Waals surface area contributed by atoms with Crippen LogP contribution >= 0.6 is 0 Å². The van der Waals surface area contributed by atoms with E-state index in [-0.39, 0.29) is 12.3 Å². The minimum atomic E-state index is -0.453. The van der Waals surface area contributed by atoms with E-state index in [9.17, 15) is 10.1 Å². The van der Waals surface area contributed by atoms with Crippen molar-refractivity contribution in [2.75, 3.05) is 6.61 Å². The average Bonchev–Trinajstić information content (AvgIpc) is 2.28. The van der Waals surface area contributed by atoms with Gasteiger partial charge in [-0.25, -0.2) is 0 Å². The maximum atomic E-state index is 10.5. The molecule has 1 heterocycles. The molecule has 1 rings (SSSR count). The summed E-state index contributed by atoms with van der Waals surface area (Å²) < 4.78 is 1.44. The van der Waals surface area contributed by atoms with Crippen LogP contribution in [0.25, 0.3) is 0 Å². The molecule has 0 aliphatic rings. The third-order valence-electron chi connectivity index (χ3n) is 1.84. The maximum absolute atomic E-state index is 10.5. The molecule has 1 aromatic rings. The molecule has 0 unspecified atom stereocenters. The Hall–Kier alpha value is -1.30. The highest BCUT2D eigenvalue weighted by Crippen LogP contribution is 1.99. The molecule has 0 aromatic carbocycles. The van der Waals surface area contributed by atoms with Gasteiger partial charge < -0.3 is 5.11 Å². The average molecular weight is 181 g/mol. The first-order valence-electron chi connectivity index (χ1n) is 3.87. The fourth-order valence-corrected chi connectivity index (χ4v) is 1.26. The molecule has 0 amide bonds. The van der Waals surface area contributed by atoms with Crippen molar-refractivity contribution in [3.8, 4) is 0 Å². The second kappa shape index (κ2) is 3.61. The second-order valence-corrected chi connectivity index (χ2v) is 2.72. The molecule has 68 valence electrons. The molecule has 1 aromatic heterocycles. The van der Waals surface area contributed by atoms with Crippen molar-refractivity contribution in [1.82, 2.24) is 9.78 Å². The first-order valence-corrected chi connectivity index (χ1v) is 3.87. The maximum Gasteiger partial charge on any atom is 0.293 e. The summed E-state index contributed by atoms with van der Waals surface area (Å²) in [5.41, 5.74) is 0.904. The van der Waals surface area contributed by atoms with E-state index in [2.05, 4.69) is 5.10 Å². The molecule has 0 fully saturated rings. The molecule has 1 N–H and O–H groups in total. The Morgan fingerprint density at radius 1 is 1.62 bits per heavy atom. The van der Waals surface area contributed by atoms with Gasteiger partial charge in [-0.05, 0) is 0 Å². The summed E-state index contributed by atoms with van der Waals surface area (Å²) in [7, 11) is 3.20. The molecule has 0 bridgehead atoms. The van der Waals surface area contributed by atoms with Gasteiger partial charge in [0, 0.05) is 0 Å². The first-order chi connectivity index (χ1) is 6.07. The molecule has 0 saturated carbocycles. The number of hydrogen-bond donors (Lipinski definition) is 1. The molecular weight excluding hydrogens is 172 g/mol. The van der Waals surface area contributed by atoms with Crippen LogP contribution in [0.3, 0.4) is 0 Å². The van der Waals surface area contributed by atoms with Gasteiger partial charge in [-0.2, -0.15) is 5.10 Å². The van der Waals surface area contributed by atoms with Crippen molar-refractivity contribution < 1.29 is 10.0 Å².